The van der Waals surface area contributed by atoms with Crippen LogP contribution in [0.5, 0.6) is 0 Å². The van der Waals surface area contributed by atoms with Crippen molar-refractivity contribution in [1.82, 2.24) is 5.32 Å². The van der Waals surface area contributed by atoms with Gasteiger partial charge in [-0.05, 0) is 27.2 Å². The smallest absolute Gasteiger partial charge is 0.408 e. The van der Waals surface area contributed by atoms with E-state index in [4.69, 9.17) is 11.2 Å². The second kappa shape index (κ2) is 4.76. The summed E-state index contributed by atoms with van der Waals surface area (Å²) in [6.07, 6.45) is 5.42. The molecular weight excluding hydrogens is 166 g/mol. The highest BCUT2D eigenvalue weighted by Gasteiger charge is 2.17. The number of hydrogen-bond donors (Lipinski definition) is 1. The number of nitrogens with one attached hydrogen (secondary N) is 1. The first-order valence-electron chi connectivity index (χ1n) is 4.34. The molecule has 1 amide bonds. The van der Waals surface area contributed by atoms with Crippen LogP contribution in [0.1, 0.15) is 34.1 Å². The van der Waals surface area contributed by atoms with E-state index >= 15 is 0 Å². The highest BCUT2D eigenvalue weighted by molar-refractivity contribution is 5.68. The van der Waals surface area contributed by atoms with Gasteiger partial charge in [0.1, 0.15) is 5.60 Å². The Morgan fingerprint density at radius 2 is 2.15 bits per heavy atom. The predicted molar refractivity (Wildman–Crippen MR) is 52.3 cm³/mol. The van der Waals surface area contributed by atoms with E-state index in [0.717, 1.165) is 0 Å². The van der Waals surface area contributed by atoms with Gasteiger partial charge < -0.3 is 10.1 Å². The molecule has 0 aliphatic carbocycles. The van der Waals surface area contributed by atoms with Crippen molar-refractivity contribution < 1.29 is 9.53 Å². The molecular formula is C10H17NO2. The standard InChI is InChI=1S/C10H17NO2/c1-6-8(7-2)11-9(12)13-10(3,4)5/h1,8H,7H2,2-5H3,(H,11,12). The normalized spacial score (nSPS) is 12.8. The molecule has 0 aromatic rings. The number of amides is 1. The molecule has 0 aromatic heterocycles. The molecule has 0 heterocycles. The third-order valence-electron chi connectivity index (χ3n) is 1.30. The van der Waals surface area contributed by atoms with Gasteiger partial charge in [-0.15, -0.1) is 6.42 Å². The van der Waals surface area contributed by atoms with Crippen molar-refractivity contribution in [3.05, 3.63) is 0 Å². The summed E-state index contributed by atoms with van der Waals surface area (Å²) in [5, 5.41) is 2.58. The minimum Gasteiger partial charge on any atom is -0.444 e. The Hall–Kier alpha value is -1.17. The molecule has 0 saturated carbocycles. The zero-order valence-electron chi connectivity index (χ0n) is 8.68. The molecule has 0 bridgehead atoms. The van der Waals surface area contributed by atoms with Crippen LogP contribution in [-0.4, -0.2) is 17.7 Å². The SMILES string of the molecule is C#CC(CC)NC(=O)OC(C)(C)C. The van der Waals surface area contributed by atoms with Crippen LogP contribution < -0.4 is 5.32 Å². The molecule has 0 saturated heterocycles. The summed E-state index contributed by atoms with van der Waals surface area (Å²) >= 11 is 0. The lowest BCUT2D eigenvalue weighted by Crippen LogP contribution is -2.38. The number of terminal acetylenes is 1. The van der Waals surface area contributed by atoms with Crippen LogP contribution in [0.4, 0.5) is 4.79 Å². The fourth-order valence-corrected chi connectivity index (χ4v) is 0.711. The Kier molecular flexibility index (Phi) is 4.33. The summed E-state index contributed by atoms with van der Waals surface area (Å²) in [4.78, 5) is 11.2. The molecule has 1 N–H and O–H groups in total. The Labute approximate surface area is 79.8 Å². The summed E-state index contributed by atoms with van der Waals surface area (Å²) in [7, 11) is 0. The van der Waals surface area contributed by atoms with E-state index in [2.05, 4.69) is 11.2 Å². The largest absolute Gasteiger partial charge is 0.444 e. The van der Waals surface area contributed by atoms with Crippen LogP contribution in [0, 0.1) is 12.3 Å². The van der Waals surface area contributed by atoms with Gasteiger partial charge >= 0.3 is 6.09 Å². The minimum atomic E-state index is -0.475. The summed E-state index contributed by atoms with van der Waals surface area (Å²) in [5.41, 5.74) is -0.475. The van der Waals surface area contributed by atoms with Crippen molar-refractivity contribution in [3.63, 3.8) is 0 Å². The topological polar surface area (TPSA) is 38.3 Å². The molecule has 1 unspecified atom stereocenters. The molecule has 0 spiro atoms. The first-order chi connectivity index (χ1) is 5.89. The molecule has 13 heavy (non-hydrogen) atoms. The lowest BCUT2D eigenvalue weighted by Gasteiger charge is -2.21. The maximum Gasteiger partial charge on any atom is 0.408 e. The zero-order chi connectivity index (χ0) is 10.5. The molecule has 0 aliphatic heterocycles. The fourth-order valence-electron chi connectivity index (χ4n) is 0.711. The maximum atomic E-state index is 11.2. The van der Waals surface area contributed by atoms with Crippen molar-refractivity contribution in [1.29, 1.82) is 0 Å². The molecule has 3 heteroatoms. The number of alkyl carbamates (subject to hydrolysis) is 1. The highest BCUT2D eigenvalue weighted by atomic mass is 16.6. The molecule has 0 aromatic carbocycles. The minimum absolute atomic E-state index is 0.241. The van der Waals surface area contributed by atoms with Crippen LogP contribution in [0.15, 0.2) is 0 Å². The zero-order valence-corrected chi connectivity index (χ0v) is 8.68. The molecule has 3 nitrogen and oxygen atoms in total. The number of rotatable bonds is 2. The van der Waals surface area contributed by atoms with Gasteiger partial charge in [-0.25, -0.2) is 4.79 Å². The van der Waals surface area contributed by atoms with Crippen LogP contribution in [0.25, 0.3) is 0 Å². The average molecular weight is 183 g/mol. The average Bonchev–Trinajstić information content (AvgIpc) is 1.96. The van der Waals surface area contributed by atoms with Gasteiger partial charge in [0.2, 0.25) is 0 Å². The van der Waals surface area contributed by atoms with Gasteiger partial charge in [-0.2, -0.15) is 0 Å². The molecule has 0 aliphatic rings. The van der Waals surface area contributed by atoms with Gasteiger partial charge in [-0.1, -0.05) is 12.8 Å². The molecule has 74 valence electrons. The summed E-state index contributed by atoms with van der Waals surface area (Å²) < 4.78 is 5.03. The van der Waals surface area contributed by atoms with Crippen LogP contribution in [-0.2, 0) is 4.74 Å². The van der Waals surface area contributed by atoms with E-state index < -0.39 is 11.7 Å². The molecule has 1 atom stereocenters. The van der Waals surface area contributed by atoms with Crippen LogP contribution >= 0.6 is 0 Å². The summed E-state index contributed by atoms with van der Waals surface area (Å²) in [5.74, 6) is 2.46. The third-order valence-corrected chi connectivity index (χ3v) is 1.30. The maximum absolute atomic E-state index is 11.2. The Bertz CT molecular complexity index is 210. The summed E-state index contributed by atoms with van der Waals surface area (Å²) in [6.45, 7) is 7.33. The monoisotopic (exact) mass is 183 g/mol. The quantitative estimate of drug-likeness (QED) is 0.664. The van der Waals surface area contributed by atoms with Crippen molar-refractivity contribution >= 4 is 6.09 Å². The van der Waals surface area contributed by atoms with E-state index in [1.165, 1.54) is 0 Å². The van der Waals surface area contributed by atoms with Crippen LogP contribution in [0.3, 0.4) is 0 Å². The Morgan fingerprint density at radius 1 is 1.62 bits per heavy atom. The number of hydrogen-bond acceptors (Lipinski definition) is 2. The van der Waals surface area contributed by atoms with Crippen LogP contribution in [0.2, 0.25) is 0 Å². The van der Waals surface area contributed by atoms with E-state index in [9.17, 15) is 4.79 Å². The number of carbonyl (C=O) groups is 1. The van der Waals surface area contributed by atoms with E-state index in [0.29, 0.717) is 6.42 Å². The van der Waals surface area contributed by atoms with E-state index in [-0.39, 0.29) is 6.04 Å². The predicted octanol–water partition coefficient (Wildman–Crippen LogP) is 1.92. The molecule has 0 radical (unpaired) electrons. The Balaban J connectivity index is 3.96. The van der Waals surface area contributed by atoms with Gasteiger partial charge in [0.15, 0.2) is 0 Å². The lowest BCUT2D eigenvalue weighted by molar-refractivity contribution is 0.0515. The molecule has 0 fully saturated rings. The lowest BCUT2D eigenvalue weighted by atomic mass is 10.2. The van der Waals surface area contributed by atoms with Gasteiger partial charge in [0.05, 0.1) is 6.04 Å². The van der Waals surface area contributed by atoms with Gasteiger partial charge in [-0.3, -0.25) is 0 Å². The van der Waals surface area contributed by atoms with Gasteiger partial charge in [0.25, 0.3) is 0 Å². The fraction of sp³-hybridized carbons (Fsp3) is 0.700. The van der Waals surface area contributed by atoms with Crippen molar-refractivity contribution in [2.45, 2.75) is 45.8 Å². The highest BCUT2D eigenvalue weighted by Crippen LogP contribution is 2.06. The second-order valence-corrected chi connectivity index (χ2v) is 3.77. The number of ether oxygens (including phenoxy) is 1. The Morgan fingerprint density at radius 3 is 2.46 bits per heavy atom. The van der Waals surface area contributed by atoms with E-state index in [1.807, 2.05) is 27.7 Å². The van der Waals surface area contributed by atoms with Crippen molar-refractivity contribution in [2.75, 3.05) is 0 Å². The third kappa shape index (κ3) is 6.03. The first kappa shape index (κ1) is 11.8. The van der Waals surface area contributed by atoms with Gasteiger partial charge in [0, 0.05) is 0 Å². The summed E-state index contributed by atoms with van der Waals surface area (Å²) in [6, 6.07) is -0.241. The van der Waals surface area contributed by atoms with E-state index in [1.54, 1.807) is 0 Å². The van der Waals surface area contributed by atoms with Crippen molar-refractivity contribution in [2.24, 2.45) is 0 Å². The second-order valence-electron chi connectivity index (χ2n) is 3.77. The molecule has 0 rings (SSSR count). The first-order valence-corrected chi connectivity index (χ1v) is 4.34. The van der Waals surface area contributed by atoms with Crippen molar-refractivity contribution in [3.8, 4) is 12.3 Å². The number of carbonyl (C=O) groups excluding carboxylic acids is 1.